The molecule has 0 aromatic heterocycles. The van der Waals surface area contributed by atoms with Crippen molar-refractivity contribution in [2.75, 3.05) is 24.4 Å². The second kappa shape index (κ2) is 20.7. The average molecular weight is 853 g/mol. The summed E-state index contributed by atoms with van der Waals surface area (Å²) in [5.41, 5.74) is 0.0906. The van der Waals surface area contributed by atoms with Gasteiger partial charge in [0.25, 0.3) is 0 Å². The lowest BCUT2D eigenvalue weighted by Gasteiger charge is -2.54. The van der Waals surface area contributed by atoms with Crippen molar-refractivity contribution in [3.63, 3.8) is 0 Å². The van der Waals surface area contributed by atoms with Crippen molar-refractivity contribution < 1.29 is 46.2 Å². The molecule has 5 aliphatic rings. The number of halogens is 4. The predicted octanol–water partition coefficient (Wildman–Crippen LogP) is 10.2. The second-order valence-electron chi connectivity index (χ2n) is 15.5. The van der Waals surface area contributed by atoms with E-state index in [2.05, 4.69) is 95.7 Å². The highest BCUT2D eigenvalue weighted by molar-refractivity contribution is 7.97. The van der Waals surface area contributed by atoms with Crippen LogP contribution in [-0.2, 0) is 45.6 Å². The number of Topliss-reactive ketones (excluding diaryl/α,β-unsaturated/α-hetero) is 2. The van der Waals surface area contributed by atoms with Gasteiger partial charge in [-0.05, 0) is 98.2 Å². The van der Waals surface area contributed by atoms with Gasteiger partial charge in [0.15, 0.2) is 20.4 Å². The van der Waals surface area contributed by atoms with Gasteiger partial charge in [0.05, 0.1) is 18.0 Å². The molecule has 1 aliphatic heterocycles. The summed E-state index contributed by atoms with van der Waals surface area (Å²) in [4.78, 5) is 49.0. The van der Waals surface area contributed by atoms with Crippen molar-refractivity contribution in [2.45, 2.75) is 90.9 Å². The molecule has 0 N–H and O–H groups in total. The molecule has 6 nitrogen and oxygen atoms in total. The van der Waals surface area contributed by atoms with E-state index < -0.39 is 29.4 Å². The van der Waals surface area contributed by atoms with E-state index in [-0.39, 0.29) is 28.5 Å². The van der Waals surface area contributed by atoms with Crippen LogP contribution in [0, 0.1) is 17.8 Å². The van der Waals surface area contributed by atoms with Gasteiger partial charge >= 0.3 is 23.8 Å². The van der Waals surface area contributed by atoms with Gasteiger partial charge in [0, 0.05) is 31.2 Å². The molecule has 4 aromatic carbocycles. The standard InChI is InChI=1S/C18H15S.C13H16F2O3.C12H15OS.C4H6F2O2/c1-4-10-16(11-5-1)19(17-12-6-2-7-13-17)18-14-8-3-9-15-18;1-12(14,15)11(17)18-13-4-7-2-8(5-13)10(16)9(3-7)6-13;13-12(10-14-8-4-5-9-14)11-6-2-1-3-7-11;1-4(5,6)3(7)8-2/h1-15H;7-9H,2-6H2,1H3;1-3,6-7H,4-5,8-10H2;1-2H3/q+1;;+1;. The number of ether oxygens (including phenoxy) is 2. The zero-order valence-electron chi connectivity index (χ0n) is 33.6. The highest BCUT2D eigenvalue weighted by Gasteiger charge is 2.58. The molecule has 4 aromatic rings. The fraction of sp³-hybridized carbons (Fsp3) is 0.404. The molecule has 2 atom stereocenters. The number of ketones is 2. The first kappa shape index (κ1) is 45.7. The zero-order chi connectivity index (χ0) is 42.6. The summed E-state index contributed by atoms with van der Waals surface area (Å²) in [6.45, 7) is 1.04. The lowest BCUT2D eigenvalue weighted by Crippen LogP contribution is -2.57. The number of carbonyl (C=O) groups excluding carboxylic acids is 4. The summed E-state index contributed by atoms with van der Waals surface area (Å²) >= 11 is 0. The Morgan fingerprint density at radius 3 is 1.44 bits per heavy atom. The fourth-order valence-electron chi connectivity index (χ4n) is 8.10. The maximum atomic E-state index is 12.9. The molecule has 0 amide bonds. The summed E-state index contributed by atoms with van der Waals surface area (Å²) < 4.78 is 58.0. The molecule has 5 fully saturated rings. The third-order valence-corrected chi connectivity index (χ3v) is 15.3. The van der Waals surface area contributed by atoms with Crippen molar-refractivity contribution >= 4 is 45.3 Å². The summed E-state index contributed by atoms with van der Waals surface area (Å²) in [5, 5.41) is 0. The van der Waals surface area contributed by atoms with Crippen LogP contribution >= 0.6 is 0 Å². The summed E-state index contributed by atoms with van der Waals surface area (Å²) in [5.74, 6) is -5.63. The Labute approximate surface area is 350 Å². The third kappa shape index (κ3) is 13.0. The molecule has 4 bridgehead atoms. The SMILES string of the molecule is CC(F)(F)C(=O)OC12CC3CC(C1)C(=O)C(C3)C2.COC(=O)C(C)(F)F.O=C(C[S+]1CCCC1)c1ccccc1.c1ccc([S+](c2ccccc2)c2ccccc2)cc1. The van der Waals surface area contributed by atoms with E-state index in [0.29, 0.717) is 55.7 Å². The van der Waals surface area contributed by atoms with E-state index in [1.807, 2.05) is 30.3 Å². The lowest BCUT2D eigenvalue weighted by atomic mass is 9.53. The first-order valence-electron chi connectivity index (χ1n) is 19.8. The van der Waals surface area contributed by atoms with Crippen LogP contribution in [-0.4, -0.2) is 65.3 Å². The van der Waals surface area contributed by atoms with Gasteiger partial charge in [-0.25, -0.2) is 9.59 Å². The predicted molar refractivity (Wildman–Crippen MR) is 224 cm³/mol. The van der Waals surface area contributed by atoms with Gasteiger partial charge < -0.3 is 9.47 Å². The monoisotopic (exact) mass is 852 g/mol. The largest absolute Gasteiger partial charge is 0.465 e. The van der Waals surface area contributed by atoms with E-state index in [9.17, 15) is 36.7 Å². The Kier molecular flexibility index (Phi) is 16.0. The lowest BCUT2D eigenvalue weighted by molar-refractivity contribution is -0.207. The van der Waals surface area contributed by atoms with Gasteiger partial charge in [-0.2, -0.15) is 17.6 Å². The molecule has 9 rings (SSSR count). The minimum absolute atomic E-state index is 0.0146. The minimum atomic E-state index is -3.45. The molecule has 314 valence electrons. The van der Waals surface area contributed by atoms with Gasteiger partial charge in [0.1, 0.15) is 22.9 Å². The summed E-state index contributed by atoms with van der Waals surface area (Å²) in [7, 11) is 1.29. The van der Waals surface area contributed by atoms with Crippen LogP contribution in [0.4, 0.5) is 17.6 Å². The van der Waals surface area contributed by atoms with Crippen LogP contribution < -0.4 is 0 Å². The Morgan fingerprint density at radius 2 is 1.07 bits per heavy atom. The number of esters is 2. The highest BCUT2D eigenvalue weighted by Crippen LogP contribution is 2.55. The third-order valence-electron chi connectivity index (χ3n) is 10.6. The van der Waals surface area contributed by atoms with E-state index in [1.54, 1.807) is 0 Å². The molecule has 2 unspecified atom stereocenters. The Bertz CT molecular complexity index is 1860. The Morgan fingerprint density at radius 1 is 0.661 bits per heavy atom. The van der Waals surface area contributed by atoms with Crippen molar-refractivity contribution in [3.05, 3.63) is 127 Å². The molecule has 4 saturated carbocycles. The van der Waals surface area contributed by atoms with Gasteiger partial charge in [0.2, 0.25) is 5.78 Å². The summed E-state index contributed by atoms with van der Waals surface area (Å²) in [6, 6.07) is 41.8. The van der Waals surface area contributed by atoms with Gasteiger partial charge in [-0.1, -0.05) is 84.9 Å². The number of benzene rings is 4. The molecule has 4 aliphatic carbocycles. The minimum Gasteiger partial charge on any atom is -0.465 e. The van der Waals surface area contributed by atoms with Crippen molar-refractivity contribution in [1.29, 1.82) is 0 Å². The fourth-order valence-corrected chi connectivity index (χ4v) is 12.5. The first-order chi connectivity index (χ1) is 28.1. The summed E-state index contributed by atoms with van der Waals surface area (Å²) in [6.07, 6.45) is 5.88. The number of methoxy groups -OCH3 is 1. The quantitative estimate of drug-likeness (QED) is 0.0722. The molecule has 0 radical (unpaired) electrons. The smallest absolute Gasteiger partial charge is 0.377 e. The van der Waals surface area contributed by atoms with Crippen LogP contribution in [0.3, 0.4) is 0 Å². The first-order valence-corrected chi connectivity index (χ1v) is 22.8. The molecule has 12 heteroatoms. The molecule has 0 spiro atoms. The van der Waals surface area contributed by atoms with E-state index in [1.165, 1.54) is 39.0 Å². The van der Waals surface area contributed by atoms with E-state index in [0.717, 1.165) is 31.3 Å². The van der Waals surface area contributed by atoms with Crippen molar-refractivity contribution in [3.8, 4) is 0 Å². The van der Waals surface area contributed by atoms with Crippen LogP contribution in [0.1, 0.15) is 69.2 Å². The van der Waals surface area contributed by atoms with Gasteiger partial charge in [-0.3, -0.25) is 9.59 Å². The normalized spacial score (nSPS) is 21.8. The number of rotatable bonds is 9. The Balaban J connectivity index is 0.000000156. The number of hydrogen-bond acceptors (Lipinski definition) is 6. The second-order valence-corrected chi connectivity index (χ2v) is 19.8. The van der Waals surface area contributed by atoms with Crippen LogP contribution in [0.2, 0.25) is 0 Å². The van der Waals surface area contributed by atoms with Crippen LogP contribution in [0.25, 0.3) is 0 Å². The van der Waals surface area contributed by atoms with E-state index in [4.69, 9.17) is 4.74 Å². The topological polar surface area (TPSA) is 86.7 Å². The van der Waals surface area contributed by atoms with Gasteiger partial charge in [-0.15, -0.1) is 0 Å². The Hall–Kier alpha value is -4.42. The van der Waals surface area contributed by atoms with Crippen molar-refractivity contribution in [2.24, 2.45) is 17.8 Å². The maximum absolute atomic E-state index is 12.9. The molecule has 59 heavy (non-hydrogen) atoms. The number of hydrogen-bond donors (Lipinski definition) is 0. The maximum Gasteiger partial charge on any atom is 0.377 e. The van der Waals surface area contributed by atoms with Crippen LogP contribution in [0.15, 0.2) is 136 Å². The number of alkyl halides is 4. The van der Waals surface area contributed by atoms with Crippen LogP contribution in [0.5, 0.6) is 0 Å². The number of carbonyl (C=O) groups is 4. The molecular formula is C47H52F4O6S2+2. The van der Waals surface area contributed by atoms with E-state index >= 15 is 0 Å². The molecule has 1 heterocycles. The molecule has 1 saturated heterocycles. The molecular weight excluding hydrogens is 801 g/mol. The zero-order valence-corrected chi connectivity index (χ0v) is 35.3. The van der Waals surface area contributed by atoms with Crippen molar-refractivity contribution in [1.82, 2.24) is 0 Å². The average Bonchev–Trinajstić information content (AvgIpc) is 3.74. The highest BCUT2D eigenvalue weighted by atomic mass is 32.2.